The van der Waals surface area contributed by atoms with E-state index in [1.807, 2.05) is 0 Å². The van der Waals surface area contributed by atoms with Crippen LogP contribution in [0.25, 0.3) is 0 Å². The maximum Gasteiger partial charge on any atom is 0.239 e. The van der Waals surface area contributed by atoms with Gasteiger partial charge in [0, 0.05) is 13.1 Å². The first kappa shape index (κ1) is 10.9. The maximum absolute atomic E-state index is 12.0. The van der Waals surface area contributed by atoms with Gasteiger partial charge in [0.15, 0.2) is 0 Å². The summed E-state index contributed by atoms with van der Waals surface area (Å²) < 4.78 is 0. The second kappa shape index (κ2) is 4.10. The molecule has 1 amide bonds. The van der Waals surface area contributed by atoms with Crippen molar-refractivity contribution in [2.24, 2.45) is 0 Å². The molecule has 4 heteroatoms. The molecule has 0 aromatic heterocycles. The molecule has 2 saturated heterocycles. The monoisotopic (exact) mass is 212 g/mol. The third-order valence-corrected chi connectivity index (χ3v) is 3.37. The Balaban J connectivity index is 1.90. The third kappa shape index (κ3) is 2.49. The van der Waals surface area contributed by atoms with E-state index in [0.717, 1.165) is 19.4 Å². The molecule has 0 aliphatic carbocycles. The smallest absolute Gasteiger partial charge is 0.239 e. The van der Waals surface area contributed by atoms with Gasteiger partial charge in [-0.3, -0.25) is 4.79 Å². The van der Waals surface area contributed by atoms with Gasteiger partial charge in [-0.05, 0) is 32.7 Å². The van der Waals surface area contributed by atoms with Crippen LogP contribution in [0.15, 0.2) is 0 Å². The number of rotatable bonds is 1. The maximum atomic E-state index is 12.0. The number of likely N-dealkylation sites (tertiary alicyclic amines) is 1. The predicted molar refractivity (Wildman–Crippen MR) is 57.5 cm³/mol. The molecule has 2 atom stereocenters. The average molecular weight is 212 g/mol. The van der Waals surface area contributed by atoms with Gasteiger partial charge in [0.2, 0.25) is 5.91 Å². The molecule has 2 N–H and O–H groups in total. The van der Waals surface area contributed by atoms with Crippen LogP contribution in [0.3, 0.4) is 0 Å². The highest BCUT2D eigenvalue weighted by Crippen LogP contribution is 2.22. The molecule has 1 unspecified atom stereocenters. The van der Waals surface area contributed by atoms with Crippen LogP contribution in [0.5, 0.6) is 0 Å². The number of carbonyl (C=O) groups is 1. The lowest BCUT2D eigenvalue weighted by atomic mass is 10.0. The van der Waals surface area contributed by atoms with Crippen LogP contribution in [-0.2, 0) is 4.79 Å². The number of amides is 1. The summed E-state index contributed by atoms with van der Waals surface area (Å²) in [6.45, 7) is 3.93. The van der Waals surface area contributed by atoms with E-state index in [0.29, 0.717) is 19.5 Å². The molecule has 0 aromatic rings. The highest BCUT2D eigenvalue weighted by Gasteiger charge is 2.36. The van der Waals surface area contributed by atoms with Crippen LogP contribution in [0.1, 0.15) is 32.6 Å². The largest absolute Gasteiger partial charge is 0.388 e. The number of nitrogens with zero attached hydrogens (tertiary/aromatic N) is 1. The molecule has 86 valence electrons. The van der Waals surface area contributed by atoms with E-state index < -0.39 is 5.60 Å². The lowest BCUT2D eigenvalue weighted by Gasteiger charge is -2.27. The van der Waals surface area contributed by atoms with Crippen LogP contribution < -0.4 is 5.32 Å². The van der Waals surface area contributed by atoms with Gasteiger partial charge in [-0.2, -0.15) is 0 Å². The summed E-state index contributed by atoms with van der Waals surface area (Å²) in [4.78, 5) is 13.8. The number of hydrogen-bond donors (Lipinski definition) is 2. The highest BCUT2D eigenvalue weighted by atomic mass is 16.3. The minimum atomic E-state index is -0.676. The molecule has 2 heterocycles. The van der Waals surface area contributed by atoms with Gasteiger partial charge in [0.05, 0.1) is 11.6 Å². The number of nitrogens with one attached hydrogen (secondary N) is 1. The minimum absolute atomic E-state index is 0.00681. The Morgan fingerprint density at radius 2 is 2.33 bits per heavy atom. The van der Waals surface area contributed by atoms with Crippen molar-refractivity contribution in [1.82, 2.24) is 10.2 Å². The zero-order chi connectivity index (χ0) is 10.9. The van der Waals surface area contributed by atoms with Crippen LogP contribution in [0, 0.1) is 0 Å². The van der Waals surface area contributed by atoms with Crippen molar-refractivity contribution < 1.29 is 9.90 Å². The van der Waals surface area contributed by atoms with Gasteiger partial charge in [-0.1, -0.05) is 6.42 Å². The fourth-order valence-corrected chi connectivity index (χ4v) is 2.42. The molecule has 0 radical (unpaired) electrons. The lowest BCUT2D eigenvalue weighted by Crippen LogP contribution is -2.48. The second-order valence-corrected chi connectivity index (χ2v) is 5.01. The van der Waals surface area contributed by atoms with Crippen molar-refractivity contribution in [3.05, 3.63) is 0 Å². The van der Waals surface area contributed by atoms with E-state index >= 15 is 0 Å². The van der Waals surface area contributed by atoms with E-state index in [1.165, 1.54) is 6.42 Å². The van der Waals surface area contributed by atoms with Crippen molar-refractivity contribution >= 4 is 5.91 Å². The van der Waals surface area contributed by atoms with Gasteiger partial charge < -0.3 is 15.3 Å². The molecule has 0 bridgehead atoms. The molecule has 2 aliphatic heterocycles. The number of β-amino-alcohol motifs (C(OH)–C–C–N with tert-alkyl or cyclic N) is 1. The van der Waals surface area contributed by atoms with Gasteiger partial charge >= 0.3 is 0 Å². The molecular formula is C11H20N2O2. The molecule has 4 nitrogen and oxygen atoms in total. The lowest BCUT2D eigenvalue weighted by molar-refractivity contribution is -0.133. The first-order valence-corrected chi connectivity index (χ1v) is 5.83. The summed E-state index contributed by atoms with van der Waals surface area (Å²) in [5, 5.41) is 13.0. The van der Waals surface area contributed by atoms with Crippen LogP contribution in [0.4, 0.5) is 0 Å². The van der Waals surface area contributed by atoms with E-state index in [2.05, 4.69) is 5.32 Å². The van der Waals surface area contributed by atoms with Crippen molar-refractivity contribution in [1.29, 1.82) is 0 Å². The minimum Gasteiger partial charge on any atom is -0.388 e. The molecule has 15 heavy (non-hydrogen) atoms. The summed E-state index contributed by atoms with van der Waals surface area (Å²) in [6.07, 6.45) is 3.94. The van der Waals surface area contributed by atoms with Gasteiger partial charge in [0.1, 0.15) is 0 Å². The Morgan fingerprint density at radius 1 is 1.53 bits per heavy atom. The van der Waals surface area contributed by atoms with Crippen LogP contribution in [-0.4, -0.2) is 47.2 Å². The van der Waals surface area contributed by atoms with E-state index in [4.69, 9.17) is 0 Å². The Labute approximate surface area is 90.6 Å². The first-order chi connectivity index (χ1) is 7.08. The predicted octanol–water partition coefficient (Wildman–Crippen LogP) is 0.112. The molecule has 2 aliphatic rings. The second-order valence-electron chi connectivity index (χ2n) is 5.01. The quantitative estimate of drug-likeness (QED) is 0.649. The fraction of sp³-hybridized carbons (Fsp3) is 0.909. The van der Waals surface area contributed by atoms with Crippen molar-refractivity contribution in [3.8, 4) is 0 Å². The van der Waals surface area contributed by atoms with Gasteiger partial charge in [0.25, 0.3) is 0 Å². The summed E-state index contributed by atoms with van der Waals surface area (Å²) in [5.74, 6) is 0.174. The summed E-state index contributed by atoms with van der Waals surface area (Å²) in [7, 11) is 0. The van der Waals surface area contributed by atoms with Crippen LogP contribution >= 0.6 is 0 Å². The summed E-state index contributed by atoms with van der Waals surface area (Å²) in [5.41, 5.74) is -0.676. The zero-order valence-corrected chi connectivity index (χ0v) is 9.33. The Kier molecular flexibility index (Phi) is 2.98. The van der Waals surface area contributed by atoms with E-state index in [-0.39, 0.29) is 11.9 Å². The Bertz CT molecular complexity index is 247. The van der Waals surface area contributed by atoms with Crippen molar-refractivity contribution in [2.45, 2.75) is 44.2 Å². The third-order valence-electron chi connectivity index (χ3n) is 3.37. The number of carbonyl (C=O) groups excluding carboxylic acids is 1. The number of aliphatic hydroxyl groups is 1. The average Bonchev–Trinajstić information content (AvgIpc) is 2.59. The Morgan fingerprint density at radius 3 is 2.87 bits per heavy atom. The first-order valence-electron chi connectivity index (χ1n) is 5.83. The summed E-state index contributed by atoms with van der Waals surface area (Å²) in [6, 6.07) is -0.00681. The topological polar surface area (TPSA) is 52.6 Å². The molecule has 0 aromatic carbocycles. The molecule has 0 spiro atoms. The molecule has 2 fully saturated rings. The van der Waals surface area contributed by atoms with E-state index in [1.54, 1.807) is 11.8 Å². The van der Waals surface area contributed by atoms with Crippen LogP contribution in [0.2, 0.25) is 0 Å². The van der Waals surface area contributed by atoms with Crippen molar-refractivity contribution in [3.63, 3.8) is 0 Å². The van der Waals surface area contributed by atoms with E-state index in [9.17, 15) is 9.90 Å². The number of hydrogen-bond acceptors (Lipinski definition) is 3. The fourth-order valence-electron chi connectivity index (χ4n) is 2.42. The molecule has 0 saturated carbocycles. The zero-order valence-electron chi connectivity index (χ0n) is 9.33. The number of piperidine rings is 1. The molecular weight excluding hydrogens is 192 g/mol. The standard InChI is InChI=1S/C11H20N2O2/c1-11(15)5-7-13(8-11)10(14)9-4-2-3-6-12-9/h9,12,15H,2-8H2,1H3/t9-,11?/m1/s1. The summed E-state index contributed by atoms with van der Waals surface area (Å²) >= 11 is 0. The Hall–Kier alpha value is -0.610. The normalized spacial score (nSPS) is 36.9. The SMILES string of the molecule is CC1(O)CCN(C(=O)[C@H]2CCCCN2)C1. The van der Waals surface area contributed by atoms with Gasteiger partial charge in [-0.25, -0.2) is 0 Å². The molecule has 2 rings (SSSR count). The van der Waals surface area contributed by atoms with Gasteiger partial charge in [-0.15, -0.1) is 0 Å². The highest BCUT2D eigenvalue weighted by molar-refractivity contribution is 5.82. The van der Waals surface area contributed by atoms with Crippen molar-refractivity contribution in [2.75, 3.05) is 19.6 Å².